The molecule has 0 rings (SSSR count). The van der Waals surface area contributed by atoms with Crippen molar-refractivity contribution in [1.82, 2.24) is 5.32 Å². The number of aliphatic hydroxyl groups excluding tert-OH is 2. The van der Waals surface area contributed by atoms with Gasteiger partial charge in [-0.2, -0.15) is 0 Å². The zero-order chi connectivity index (χ0) is 12.1. The van der Waals surface area contributed by atoms with Crippen molar-refractivity contribution >= 4 is 0 Å². The summed E-state index contributed by atoms with van der Waals surface area (Å²) in [6.07, 6.45) is 10.2. The van der Waals surface area contributed by atoms with Crippen LogP contribution in [0.15, 0.2) is 0 Å². The SMILES string of the molecule is CCCCCCCCCC(CO)NCCO. The fraction of sp³-hybridized carbons (Fsp3) is 1.00. The summed E-state index contributed by atoms with van der Waals surface area (Å²) in [6.45, 7) is 3.14. The molecule has 0 heterocycles. The van der Waals surface area contributed by atoms with Crippen LogP contribution in [0.5, 0.6) is 0 Å². The van der Waals surface area contributed by atoms with E-state index in [0.717, 1.165) is 6.42 Å². The van der Waals surface area contributed by atoms with Crippen LogP contribution < -0.4 is 5.32 Å². The van der Waals surface area contributed by atoms with E-state index in [2.05, 4.69) is 12.2 Å². The van der Waals surface area contributed by atoms with Gasteiger partial charge in [0.15, 0.2) is 0 Å². The van der Waals surface area contributed by atoms with Gasteiger partial charge in [-0.1, -0.05) is 51.9 Å². The summed E-state index contributed by atoms with van der Waals surface area (Å²) in [5.41, 5.74) is 0. The number of unbranched alkanes of at least 4 members (excludes halogenated alkanes) is 6. The zero-order valence-corrected chi connectivity index (χ0v) is 10.7. The maximum atomic E-state index is 9.08. The highest BCUT2D eigenvalue weighted by Gasteiger charge is 2.04. The molecule has 3 heteroatoms. The Balaban J connectivity index is 3.20. The lowest BCUT2D eigenvalue weighted by Gasteiger charge is -2.15. The first-order valence-electron chi connectivity index (χ1n) is 6.80. The van der Waals surface area contributed by atoms with Gasteiger partial charge in [0.2, 0.25) is 0 Å². The molecule has 0 aromatic heterocycles. The van der Waals surface area contributed by atoms with Gasteiger partial charge in [0.25, 0.3) is 0 Å². The third-order valence-corrected chi connectivity index (χ3v) is 2.92. The molecule has 1 atom stereocenters. The van der Waals surface area contributed by atoms with E-state index in [1.54, 1.807) is 0 Å². The van der Waals surface area contributed by atoms with E-state index < -0.39 is 0 Å². The Morgan fingerprint density at radius 1 is 0.938 bits per heavy atom. The van der Waals surface area contributed by atoms with Gasteiger partial charge in [0.1, 0.15) is 0 Å². The van der Waals surface area contributed by atoms with Crippen LogP contribution in [0.1, 0.15) is 58.3 Å². The number of nitrogens with one attached hydrogen (secondary N) is 1. The molecule has 0 radical (unpaired) electrons. The molecule has 0 bridgehead atoms. The Morgan fingerprint density at radius 2 is 1.56 bits per heavy atom. The van der Waals surface area contributed by atoms with Gasteiger partial charge >= 0.3 is 0 Å². The van der Waals surface area contributed by atoms with Crippen molar-refractivity contribution in [2.75, 3.05) is 19.8 Å². The fourth-order valence-electron chi connectivity index (χ4n) is 1.87. The van der Waals surface area contributed by atoms with Crippen molar-refractivity contribution in [2.45, 2.75) is 64.3 Å². The Labute approximate surface area is 100 Å². The molecular formula is C13H29NO2. The molecule has 0 aromatic rings. The van der Waals surface area contributed by atoms with E-state index >= 15 is 0 Å². The zero-order valence-electron chi connectivity index (χ0n) is 10.7. The van der Waals surface area contributed by atoms with Gasteiger partial charge in [-0.15, -0.1) is 0 Å². The summed E-state index contributed by atoms with van der Waals surface area (Å²) in [6, 6.07) is 0.169. The van der Waals surface area contributed by atoms with Crippen LogP contribution in [-0.2, 0) is 0 Å². The maximum absolute atomic E-state index is 9.08. The van der Waals surface area contributed by atoms with Gasteiger partial charge in [-0.25, -0.2) is 0 Å². The Hall–Kier alpha value is -0.120. The first-order chi connectivity index (χ1) is 7.85. The fourth-order valence-corrected chi connectivity index (χ4v) is 1.87. The van der Waals surface area contributed by atoms with Gasteiger partial charge in [0.05, 0.1) is 13.2 Å². The van der Waals surface area contributed by atoms with E-state index in [-0.39, 0.29) is 19.3 Å². The Kier molecular flexibility index (Phi) is 12.9. The van der Waals surface area contributed by atoms with Crippen LogP contribution in [0.2, 0.25) is 0 Å². The second-order valence-corrected chi connectivity index (χ2v) is 4.47. The van der Waals surface area contributed by atoms with Crippen molar-refractivity contribution in [1.29, 1.82) is 0 Å². The lowest BCUT2D eigenvalue weighted by molar-refractivity contribution is 0.217. The molecular weight excluding hydrogens is 202 g/mol. The number of hydrogen-bond acceptors (Lipinski definition) is 3. The molecule has 0 spiro atoms. The Bertz CT molecular complexity index is 131. The quantitative estimate of drug-likeness (QED) is 0.451. The molecule has 0 aliphatic carbocycles. The molecule has 0 saturated carbocycles. The minimum Gasteiger partial charge on any atom is -0.395 e. The number of rotatable bonds is 12. The molecule has 3 nitrogen and oxygen atoms in total. The van der Waals surface area contributed by atoms with E-state index in [1.807, 2.05) is 0 Å². The Morgan fingerprint density at radius 3 is 2.12 bits per heavy atom. The van der Waals surface area contributed by atoms with E-state index in [9.17, 15) is 0 Å². The molecule has 0 aromatic carbocycles. The van der Waals surface area contributed by atoms with Crippen molar-refractivity contribution in [3.8, 4) is 0 Å². The minimum absolute atomic E-state index is 0.146. The smallest absolute Gasteiger partial charge is 0.0584 e. The molecule has 0 aliphatic heterocycles. The van der Waals surface area contributed by atoms with Crippen molar-refractivity contribution in [3.05, 3.63) is 0 Å². The normalized spacial score (nSPS) is 12.9. The maximum Gasteiger partial charge on any atom is 0.0584 e. The van der Waals surface area contributed by atoms with Crippen LogP contribution in [0.3, 0.4) is 0 Å². The molecule has 98 valence electrons. The monoisotopic (exact) mass is 231 g/mol. The van der Waals surface area contributed by atoms with Gasteiger partial charge in [-0.3, -0.25) is 0 Å². The largest absolute Gasteiger partial charge is 0.395 e. The van der Waals surface area contributed by atoms with Gasteiger partial charge in [0, 0.05) is 12.6 Å². The highest BCUT2D eigenvalue weighted by Crippen LogP contribution is 2.09. The van der Waals surface area contributed by atoms with Crippen molar-refractivity contribution in [3.63, 3.8) is 0 Å². The first-order valence-corrected chi connectivity index (χ1v) is 6.80. The predicted molar refractivity (Wildman–Crippen MR) is 68.6 cm³/mol. The van der Waals surface area contributed by atoms with Crippen LogP contribution in [0.4, 0.5) is 0 Å². The molecule has 0 saturated heterocycles. The van der Waals surface area contributed by atoms with Crippen molar-refractivity contribution < 1.29 is 10.2 Å². The van der Waals surface area contributed by atoms with Crippen LogP contribution in [0, 0.1) is 0 Å². The van der Waals surface area contributed by atoms with E-state index in [1.165, 1.54) is 44.9 Å². The summed E-state index contributed by atoms with van der Waals surface area (Å²) in [5, 5.41) is 20.9. The molecule has 0 aliphatic rings. The van der Waals surface area contributed by atoms with Crippen LogP contribution >= 0.6 is 0 Å². The summed E-state index contributed by atoms with van der Waals surface area (Å²) in [5.74, 6) is 0. The summed E-state index contributed by atoms with van der Waals surface area (Å²) >= 11 is 0. The molecule has 16 heavy (non-hydrogen) atoms. The second kappa shape index (κ2) is 12.9. The van der Waals surface area contributed by atoms with E-state index in [4.69, 9.17) is 10.2 Å². The lowest BCUT2D eigenvalue weighted by Crippen LogP contribution is -2.34. The first kappa shape index (κ1) is 15.9. The summed E-state index contributed by atoms with van der Waals surface area (Å²) < 4.78 is 0. The van der Waals surface area contributed by atoms with Gasteiger partial charge < -0.3 is 15.5 Å². The topological polar surface area (TPSA) is 52.5 Å². The molecule has 0 fully saturated rings. The highest BCUT2D eigenvalue weighted by atomic mass is 16.3. The third-order valence-electron chi connectivity index (χ3n) is 2.92. The average molecular weight is 231 g/mol. The second-order valence-electron chi connectivity index (χ2n) is 4.47. The van der Waals surface area contributed by atoms with E-state index in [0.29, 0.717) is 6.54 Å². The molecule has 3 N–H and O–H groups in total. The predicted octanol–water partition coefficient (Wildman–Crippen LogP) is 2.07. The number of aliphatic hydroxyl groups is 2. The lowest BCUT2D eigenvalue weighted by atomic mass is 10.1. The van der Waals surface area contributed by atoms with Crippen molar-refractivity contribution in [2.24, 2.45) is 0 Å². The number of hydrogen-bond donors (Lipinski definition) is 3. The van der Waals surface area contributed by atoms with Gasteiger partial charge in [-0.05, 0) is 6.42 Å². The molecule has 0 amide bonds. The summed E-state index contributed by atoms with van der Waals surface area (Å²) in [7, 11) is 0. The third kappa shape index (κ3) is 10.4. The standard InChI is InChI=1S/C13H29NO2/c1-2-3-4-5-6-7-8-9-13(12-16)14-10-11-15/h13-16H,2-12H2,1H3. The average Bonchev–Trinajstić information content (AvgIpc) is 2.32. The van der Waals surface area contributed by atoms with Crippen LogP contribution in [0.25, 0.3) is 0 Å². The summed E-state index contributed by atoms with van der Waals surface area (Å²) in [4.78, 5) is 0. The minimum atomic E-state index is 0.146. The highest BCUT2D eigenvalue weighted by molar-refractivity contribution is 4.64. The van der Waals surface area contributed by atoms with Crippen LogP contribution in [-0.4, -0.2) is 36.0 Å². The molecule has 1 unspecified atom stereocenters.